The molecule has 0 fully saturated rings. The summed E-state index contributed by atoms with van der Waals surface area (Å²) in [6, 6.07) is 16.3. The van der Waals surface area contributed by atoms with Crippen LogP contribution in [-0.2, 0) is 0 Å². The Morgan fingerprint density at radius 2 is 1.61 bits per heavy atom. The molecule has 0 N–H and O–H groups in total. The van der Waals surface area contributed by atoms with Crippen molar-refractivity contribution >= 4 is 28.4 Å². The summed E-state index contributed by atoms with van der Waals surface area (Å²) in [6.07, 6.45) is 1.69. The molecule has 0 amide bonds. The van der Waals surface area contributed by atoms with Gasteiger partial charge in [0.2, 0.25) is 10.9 Å². The predicted octanol–water partition coefficient (Wildman–Crippen LogP) is 6.78. The minimum absolute atomic E-state index is 0.0389. The van der Waals surface area contributed by atoms with Crippen LogP contribution in [0, 0.1) is 24.0 Å². The third-order valence-corrected chi connectivity index (χ3v) is 6.62. The number of nitro benzene ring substituents is 1. The van der Waals surface area contributed by atoms with Gasteiger partial charge in [-0.25, -0.2) is 9.98 Å². The van der Waals surface area contributed by atoms with Crippen molar-refractivity contribution < 1.29 is 19.1 Å². The molecule has 0 saturated heterocycles. The van der Waals surface area contributed by atoms with Gasteiger partial charge >= 0.3 is 0 Å². The molecule has 0 aliphatic heterocycles. The van der Waals surface area contributed by atoms with E-state index in [-0.39, 0.29) is 5.69 Å². The summed E-state index contributed by atoms with van der Waals surface area (Å²) in [7, 11) is 4.68. The van der Waals surface area contributed by atoms with Gasteiger partial charge in [-0.3, -0.25) is 10.1 Å². The lowest BCUT2D eigenvalue weighted by atomic mass is 10.0. The molecule has 0 aliphatic rings. The number of aromatic nitrogens is 1. The van der Waals surface area contributed by atoms with E-state index in [0.29, 0.717) is 22.4 Å². The normalized spacial score (nSPS) is 11.0. The maximum absolute atomic E-state index is 11.1. The third kappa shape index (κ3) is 5.06. The van der Waals surface area contributed by atoms with Crippen molar-refractivity contribution in [1.29, 1.82) is 0 Å². The summed E-state index contributed by atoms with van der Waals surface area (Å²) in [5.74, 6) is 1.56. The fourth-order valence-corrected chi connectivity index (χ4v) is 4.79. The van der Waals surface area contributed by atoms with Crippen LogP contribution in [0.25, 0.3) is 21.7 Å². The Hall–Kier alpha value is -4.24. The van der Waals surface area contributed by atoms with E-state index in [9.17, 15) is 10.1 Å². The Kier molecular flexibility index (Phi) is 7.30. The van der Waals surface area contributed by atoms with Gasteiger partial charge in [0.05, 0.1) is 36.8 Å². The van der Waals surface area contributed by atoms with Crippen molar-refractivity contribution in [3.05, 3.63) is 81.4 Å². The molecular weight excluding hydrogens is 478 g/mol. The number of nitro groups is 1. The first-order valence-corrected chi connectivity index (χ1v) is 11.8. The maximum atomic E-state index is 11.1. The van der Waals surface area contributed by atoms with E-state index in [4.69, 9.17) is 19.2 Å². The first-order valence-electron chi connectivity index (χ1n) is 11.0. The molecule has 0 atom stereocenters. The lowest BCUT2D eigenvalue weighted by Crippen LogP contribution is -1.96. The zero-order chi connectivity index (χ0) is 25.8. The molecule has 3 aromatic carbocycles. The lowest BCUT2D eigenvalue weighted by Gasteiger charge is -2.12. The van der Waals surface area contributed by atoms with Gasteiger partial charge in [0, 0.05) is 29.5 Å². The molecule has 0 unspecified atom stereocenters. The Morgan fingerprint density at radius 3 is 2.17 bits per heavy atom. The zero-order valence-electron chi connectivity index (χ0n) is 20.6. The highest BCUT2D eigenvalue weighted by atomic mass is 32.1. The van der Waals surface area contributed by atoms with Gasteiger partial charge in [-0.1, -0.05) is 35.1 Å². The fourth-order valence-electron chi connectivity index (χ4n) is 3.86. The third-order valence-electron chi connectivity index (χ3n) is 5.60. The van der Waals surface area contributed by atoms with E-state index < -0.39 is 4.92 Å². The molecule has 0 radical (unpaired) electrons. The average Bonchev–Trinajstić information content (AvgIpc) is 3.30. The average molecular weight is 504 g/mol. The topological polar surface area (TPSA) is 96.1 Å². The van der Waals surface area contributed by atoms with Gasteiger partial charge in [0.1, 0.15) is 0 Å². The van der Waals surface area contributed by atoms with Crippen molar-refractivity contribution in [2.24, 2.45) is 4.99 Å². The van der Waals surface area contributed by atoms with Gasteiger partial charge in [0.15, 0.2) is 11.5 Å². The maximum Gasteiger partial charge on any atom is 0.269 e. The number of nitrogens with zero attached hydrogens (tertiary/aromatic N) is 3. The number of rotatable bonds is 8. The van der Waals surface area contributed by atoms with E-state index in [0.717, 1.165) is 38.4 Å². The second-order valence-electron chi connectivity index (χ2n) is 8.01. The van der Waals surface area contributed by atoms with Gasteiger partial charge in [-0.15, -0.1) is 0 Å². The summed E-state index contributed by atoms with van der Waals surface area (Å²) in [6.45, 7) is 4.09. The molecule has 0 bridgehead atoms. The van der Waals surface area contributed by atoms with Crippen LogP contribution in [0.15, 0.2) is 59.6 Å². The summed E-state index contributed by atoms with van der Waals surface area (Å²) >= 11 is 1.42. The summed E-state index contributed by atoms with van der Waals surface area (Å²) in [5, 5.41) is 11.7. The summed E-state index contributed by atoms with van der Waals surface area (Å²) in [4.78, 5) is 21.1. The molecular formula is C27H25N3O5S. The quantitative estimate of drug-likeness (QED) is 0.149. The van der Waals surface area contributed by atoms with Crippen molar-refractivity contribution in [2.45, 2.75) is 13.8 Å². The van der Waals surface area contributed by atoms with Crippen LogP contribution in [0.2, 0.25) is 0 Å². The molecule has 0 aliphatic carbocycles. The van der Waals surface area contributed by atoms with E-state index in [1.54, 1.807) is 51.8 Å². The number of methoxy groups -OCH3 is 3. The van der Waals surface area contributed by atoms with Crippen LogP contribution in [0.4, 0.5) is 10.8 Å². The first kappa shape index (κ1) is 24.9. The van der Waals surface area contributed by atoms with Crippen LogP contribution in [0.1, 0.15) is 16.7 Å². The molecule has 4 aromatic rings. The van der Waals surface area contributed by atoms with Crippen LogP contribution in [-0.4, -0.2) is 37.5 Å². The monoisotopic (exact) mass is 503 g/mol. The molecule has 9 heteroatoms. The first-order chi connectivity index (χ1) is 17.3. The predicted molar refractivity (Wildman–Crippen MR) is 142 cm³/mol. The summed E-state index contributed by atoms with van der Waals surface area (Å²) in [5.41, 5.74) is 5.64. The van der Waals surface area contributed by atoms with Crippen LogP contribution >= 0.6 is 11.3 Å². The van der Waals surface area contributed by atoms with Gasteiger partial charge in [-0.05, 0) is 49.2 Å². The molecule has 0 spiro atoms. The van der Waals surface area contributed by atoms with Crippen molar-refractivity contribution in [1.82, 2.24) is 4.98 Å². The molecule has 8 nitrogen and oxygen atoms in total. The van der Waals surface area contributed by atoms with Crippen molar-refractivity contribution in [2.75, 3.05) is 21.3 Å². The highest BCUT2D eigenvalue weighted by molar-refractivity contribution is 7.19. The molecule has 184 valence electrons. The number of ether oxygens (including phenoxy) is 3. The minimum atomic E-state index is -0.408. The number of non-ortho nitro benzene ring substituents is 1. The number of hydrogen-bond donors (Lipinski definition) is 0. The molecule has 0 saturated carbocycles. The second-order valence-corrected chi connectivity index (χ2v) is 8.99. The number of benzene rings is 3. The fraction of sp³-hybridized carbons (Fsp3) is 0.185. The van der Waals surface area contributed by atoms with E-state index in [2.05, 4.69) is 11.1 Å². The van der Waals surface area contributed by atoms with E-state index in [1.807, 2.05) is 26.0 Å². The standard InChI is InChI=1S/C27H25N3O5S/c1-16-6-11-21(17(2)12-16)24-26(19-7-9-20(10-8-19)30(31)32)36-27(29-24)28-15-18-13-22(33-3)25(35-5)23(14-18)34-4/h6-15H,1-5H3. The van der Waals surface area contributed by atoms with Gasteiger partial charge in [0.25, 0.3) is 5.69 Å². The Morgan fingerprint density at radius 1 is 0.944 bits per heavy atom. The van der Waals surface area contributed by atoms with Crippen LogP contribution in [0.5, 0.6) is 17.2 Å². The minimum Gasteiger partial charge on any atom is -0.493 e. The smallest absolute Gasteiger partial charge is 0.269 e. The largest absolute Gasteiger partial charge is 0.493 e. The molecule has 1 heterocycles. The number of thiazole rings is 1. The molecule has 36 heavy (non-hydrogen) atoms. The molecule has 1 aromatic heterocycles. The lowest BCUT2D eigenvalue weighted by molar-refractivity contribution is -0.384. The highest BCUT2D eigenvalue weighted by Gasteiger charge is 2.18. The summed E-state index contributed by atoms with van der Waals surface area (Å²) < 4.78 is 16.3. The van der Waals surface area contributed by atoms with E-state index >= 15 is 0 Å². The number of aliphatic imine (C=N–C) groups is 1. The SMILES string of the molecule is COc1cc(C=Nc2nc(-c3ccc(C)cc3C)c(-c3ccc([N+](=O)[O-])cc3)s2)cc(OC)c1OC. The Labute approximate surface area is 213 Å². The van der Waals surface area contributed by atoms with Crippen LogP contribution < -0.4 is 14.2 Å². The van der Waals surface area contributed by atoms with E-state index in [1.165, 1.54) is 23.5 Å². The zero-order valence-corrected chi connectivity index (χ0v) is 21.4. The van der Waals surface area contributed by atoms with Crippen molar-refractivity contribution in [3.63, 3.8) is 0 Å². The highest BCUT2D eigenvalue weighted by Crippen LogP contribution is 2.42. The molecule has 4 rings (SSSR count). The van der Waals surface area contributed by atoms with Gasteiger partial charge in [-0.2, -0.15) is 0 Å². The Bertz CT molecular complexity index is 1420. The second kappa shape index (κ2) is 10.6. The number of hydrogen-bond acceptors (Lipinski definition) is 8. The number of aryl methyl sites for hydroxylation is 2. The Balaban J connectivity index is 1.79. The van der Waals surface area contributed by atoms with Crippen molar-refractivity contribution in [3.8, 4) is 38.9 Å². The van der Waals surface area contributed by atoms with Gasteiger partial charge < -0.3 is 14.2 Å². The van der Waals surface area contributed by atoms with Crippen LogP contribution in [0.3, 0.4) is 0 Å².